The van der Waals surface area contributed by atoms with Crippen molar-refractivity contribution < 1.29 is 14.4 Å². The van der Waals surface area contributed by atoms with E-state index in [1.54, 1.807) is 31.2 Å². The molecule has 0 aliphatic rings. The summed E-state index contributed by atoms with van der Waals surface area (Å²) in [6, 6.07) is 6.05. The Hall–Kier alpha value is -1.81. The van der Waals surface area contributed by atoms with E-state index in [9.17, 15) is 14.4 Å². The van der Waals surface area contributed by atoms with Gasteiger partial charge < -0.3 is 10.5 Å². The van der Waals surface area contributed by atoms with E-state index in [0.717, 1.165) is 5.56 Å². The number of aldehydes is 1. The number of nitrogens with two attached hydrogens (primary N) is 1. The second kappa shape index (κ2) is 6.06. The molecular formula is C13H15NO3. The summed E-state index contributed by atoms with van der Waals surface area (Å²) in [7, 11) is 0. The third-order valence-electron chi connectivity index (χ3n) is 2.44. The van der Waals surface area contributed by atoms with Gasteiger partial charge in [0.05, 0.1) is 6.04 Å². The Morgan fingerprint density at radius 3 is 2.35 bits per heavy atom. The largest absolute Gasteiger partial charge is 0.321 e. The number of rotatable bonds is 6. The second-order valence-corrected chi connectivity index (χ2v) is 3.81. The van der Waals surface area contributed by atoms with Gasteiger partial charge in [0, 0.05) is 12.0 Å². The highest BCUT2D eigenvalue weighted by molar-refractivity contribution is 6.43. The first-order chi connectivity index (χ1) is 8.08. The third-order valence-corrected chi connectivity index (χ3v) is 2.44. The number of ketones is 2. The van der Waals surface area contributed by atoms with Gasteiger partial charge in [0.15, 0.2) is 0 Å². The van der Waals surface area contributed by atoms with Crippen molar-refractivity contribution in [3.63, 3.8) is 0 Å². The van der Waals surface area contributed by atoms with Gasteiger partial charge >= 0.3 is 0 Å². The lowest BCUT2D eigenvalue weighted by atomic mass is 10.0. The molecule has 0 saturated carbocycles. The van der Waals surface area contributed by atoms with Crippen LogP contribution in [0.1, 0.15) is 29.3 Å². The van der Waals surface area contributed by atoms with Gasteiger partial charge in [-0.3, -0.25) is 9.59 Å². The summed E-state index contributed by atoms with van der Waals surface area (Å²) in [5, 5.41) is 0. The lowest BCUT2D eigenvalue weighted by Gasteiger charge is -2.05. The van der Waals surface area contributed by atoms with E-state index in [0.29, 0.717) is 18.3 Å². The van der Waals surface area contributed by atoms with Gasteiger partial charge in [-0.15, -0.1) is 0 Å². The highest BCUT2D eigenvalue weighted by atomic mass is 16.2. The average Bonchev–Trinajstić information content (AvgIpc) is 2.37. The predicted molar refractivity (Wildman–Crippen MR) is 63.8 cm³/mol. The van der Waals surface area contributed by atoms with Crippen LogP contribution >= 0.6 is 0 Å². The van der Waals surface area contributed by atoms with Crippen LogP contribution in [0.5, 0.6) is 0 Å². The van der Waals surface area contributed by atoms with Crippen molar-refractivity contribution in [1.82, 2.24) is 0 Å². The van der Waals surface area contributed by atoms with Crippen LogP contribution < -0.4 is 5.73 Å². The van der Waals surface area contributed by atoms with E-state index in [-0.39, 0.29) is 6.42 Å². The van der Waals surface area contributed by atoms with Crippen LogP contribution in [-0.4, -0.2) is 23.9 Å². The molecule has 0 fully saturated rings. The molecule has 90 valence electrons. The maximum Gasteiger partial charge on any atom is 0.228 e. The standard InChI is InChI=1S/C13H15NO3/c1-2-12(16)13(17)10-5-3-9(4-6-10)7-11(14)8-15/h3-6,8,11H,2,7,14H2,1H3/t11-/m0/s1. The lowest BCUT2D eigenvalue weighted by Crippen LogP contribution is -2.24. The maximum atomic E-state index is 11.5. The molecule has 0 unspecified atom stereocenters. The minimum absolute atomic E-state index is 0.205. The molecule has 0 bridgehead atoms. The van der Waals surface area contributed by atoms with Gasteiger partial charge in [0.2, 0.25) is 11.6 Å². The highest BCUT2D eigenvalue weighted by Crippen LogP contribution is 2.08. The number of carbonyl (C=O) groups excluding carboxylic acids is 3. The van der Waals surface area contributed by atoms with Gasteiger partial charge in [-0.1, -0.05) is 31.2 Å². The van der Waals surface area contributed by atoms with E-state index in [2.05, 4.69) is 0 Å². The molecule has 0 aliphatic heterocycles. The van der Waals surface area contributed by atoms with Gasteiger partial charge in [-0.2, -0.15) is 0 Å². The molecule has 1 rings (SSSR count). The first-order valence-corrected chi connectivity index (χ1v) is 5.45. The molecule has 1 aromatic rings. The van der Waals surface area contributed by atoms with Crippen molar-refractivity contribution in [3.05, 3.63) is 35.4 Å². The number of benzene rings is 1. The zero-order valence-electron chi connectivity index (χ0n) is 9.68. The van der Waals surface area contributed by atoms with Gasteiger partial charge in [-0.25, -0.2) is 0 Å². The molecule has 0 heterocycles. The summed E-state index contributed by atoms with van der Waals surface area (Å²) in [6.07, 6.45) is 1.32. The number of Topliss-reactive ketones (excluding diaryl/α,β-unsaturated/α-hetero) is 2. The average molecular weight is 233 g/mol. The number of hydrogen-bond acceptors (Lipinski definition) is 4. The summed E-state index contributed by atoms with van der Waals surface area (Å²) < 4.78 is 0. The molecule has 0 radical (unpaired) electrons. The monoisotopic (exact) mass is 233 g/mol. The molecule has 0 saturated heterocycles. The molecule has 1 aromatic carbocycles. The highest BCUT2D eigenvalue weighted by Gasteiger charge is 2.13. The SMILES string of the molecule is CCC(=O)C(=O)c1ccc(C[C@H](N)C=O)cc1. The van der Waals surface area contributed by atoms with E-state index in [1.165, 1.54) is 0 Å². The summed E-state index contributed by atoms with van der Waals surface area (Å²) in [4.78, 5) is 33.1. The minimum atomic E-state index is -0.533. The summed E-state index contributed by atoms with van der Waals surface area (Å²) in [6.45, 7) is 1.65. The molecule has 1 atom stereocenters. The Labute approximate surface area is 99.8 Å². The van der Waals surface area contributed by atoms with E-state index >= 15 is 0 Å². The summed E-state index contributed by atoms with van der Waals surface area (Å²) >= 11 is 0. The lowest BCUT2D eigenvalue weighted by molar-refractivity contribution is -0.114. The van der Waals surface area contributed by atoms with Crippen LogP contribution in [0.25, 0.3) is 0 Å². The molecule has 4 nitrogen and oxygen atoms in total. The van der Waals surface area contributed by atoms with Crippen molar-refractivity contribution in [2.24, 2.45) is 5.73 Å². The molecule has 0 aliphatic carbocycles. The fourth-order valence-electron chi connectivity index (χ4n) is 1.43. The first-order valence-electron chi connectivity index (χ1n) is 5.45. The smallest absolute Gasteiger partial charge is 0.228 e. The third kappa shape index (κ3) is 3.60. The fourth-order valence-corrected chi connectivity index (χ4v) is 1.43. The quantitative estimate of drug-likeness (QED) is 0.450. The van der Waals surface area contributed by atoms with Crippen molar-refractivity contribution in [1.29, 1.82) is 0 Å². The molecule has 2 N–H and O–H groups in total. The molecule has 4 heteroatoms. The van der Waals surface area contributed by atoms with Crippen molar-refractivity contribution in [2.45, 2.75) is 25.8 Å². The number of carbonyl (C=O) groups is 3. The van der Waals surface area contributed by atoms with Gasteiger partial charge in [0.25, 0.3) is 0 Å². The van der Waals surface area contributed by atoms with Crippen molar-refractivity contribution >= 4 is 17.9 Å². The second-order valence-electron chi connectivity index (χ2n) is 3.81. The Morgan fingerprint density at radius 2 is 1.88 bits per heavy atom. The normalized spacial score (nSPS) is 11.9. The van der Waals surface area contributed by atoms with Crippen molar-refractivity contribution in [2.75, 3.05) is 0 Å². The molecular weight excluding hydrogens is 218 g/mol. The Kier molecular flexibility index (Phi) is 4.72. The maximum absolute atomic E-state index is 11.5. The van der Waals surface area contributed by atoms with Gasteiger partial charge in [0.1, 0.15) is 6.29 Å². The molecule has 0 amide bonds. The minimum Gasteiger partial charge on any atom is -0.321 e. The van der Waals surface area contributed by atoms with E-state index in [1.807, 2.05) is 0 Å². The van der Waals surface area contributed by atoms with Crippen LogP contribution in [-0.2, 0) is 16.0 Å². The first kappa shape index (κ1) is 13.3. The zero-order chi connectivity index (χ0) is 12.8. The van der Waals surface area contributed by atoms with Crippen molar-refractivity contribution in [3.8, 4) is 0 Å². The molecule has 17 heavy (non-hydrogen) atoms. The Bertz CT molecular complexity index is 423. The predicted octanol–water partition coefficient (Wildman–Crippen LogP) is 0.917. The molecule has 0 spiro atoms. The topological polar surface area (TPSA) is 77.2 Å². The van der Waals surface area contributed by atoms with E-state index < -0.39 is 17.6 Å². The Balaban J connectivity index is 2.77. The van der Waals surface area contributed by atoms with Crippen LogP contribution in [0.2, 0.25) is 0 Å². The van der Waals surface area contributed by atoms with Gasteiger partial charge in [-0.05, 0) is 12.0 Å². The van der Waals surface area contributed by atoms with Crippen LogP contribution in [0.15, 0.2) is 24.3 Å². The van der Waals surface area contributed by atoms with Crippen LogP contribution in [0, 0.1) is 0 Å². The Morgan fingerprint density at radius 1 is 1.29 bits per heavy atom. The zero-order valence-corrected chi connectivity index (χ0v) is 9.68. The number of hydrogen-bond donors (Lipinski definition) is 1. The van der Waals surface area contributed by atoms with Crippen LogP contribution in [0.4, 0.5) is 0 Å². The molecule has 0 aromatic heterocycles. The fraction of sp³-hybridized carbons (Fsp3) is 0.308. The summed E-state index contributed by atoms with van der Waals surface area (Å²) in [5.74, 6) is -0.874. The summed E-state index contributed by atoms with van der Waals surface area (Å²) in [5.41, 5.74) is 6.72. The van der Waals surface area contributed by atoms with E-state index in [4.69, 9.17) is 5.73 Å². The van der Waals surface area contributed by atoms with Crippen LogP contribution in [0.3, 0.4) is 0 Å².